The summed E-state index contributed by atoms with van der Waals surface area (Å²) in [6, 6.07) is 17.6. The van der Waals surface area contributed by atoms with Crippen molar-refractivity contribution < 1.29 is 23.9 Å². The Hall–Kier alpha value is -3.92. The van der Waals surface area contributed by atoms with Crippen LogP contribution in [0.3, 0.4) is 0 Å². The molecule has 1 aliphatic heterocycles. The Balaban J connectivity index is 1.51. The van der Waals surface area contributed by atoms with Gasteiger partial charge in [-0.15, -0.1) is 0 Å². The fourth-order valence-electron chi connectivity index (χ4n) is 4.21. The Kier molecular flexibility index (Phi) is 8.86. The fraction of sp³-hybridized carbons (Fsp3) is 0.214. The van der Waals surface area contributed by atoms with E-state index in [-0.39, 0.29) is 18.4 Å². The van der Waals surface area contributed by atoms with E-state index >= 15 is 0 Å². The smallest absolute Gasteiger partial charge is 0.321 e. The molecule has 0 fully saturated rings. The molecule has 5 amide bonds. The van der Waals surface area contributed by atoms with E-state index in [4.69, 9.17) is 33.7 Å². The van der Waals surface area contributed by atoms with Crippen molar-refractivity contribution in [2.75, 3.05) is 30.4 Å². The first-order valence-corrected chi connectivity index (χ1v) is 12.9. The summed E-state index contributed by atoms with van der Waals surface area (Å²) in [6.45, 7) is 0.0544. The van der Waals surface area contributed by atoms with Crippen molar-refractivity contribution in [3.8, 4) is 0 Å². The minimum atomic E-state index is -0.876. The first-order chi connectivity index (χ1) is 18.7. The third-order valence-corrected chi connectivity index (χ3v) is 6.91. The minimum Gasteiger partial charge on any atom is -0.364 e. The van der Waals surface area contributed by atoms with Crippen LogP contribution < -0.4 is 16.0 Å². The number of anilines is 2. The van der Waals surface area contributed by atoms with Crippen molar-refractivity contribution in [2.24, 2.45) is 5.73 Å². The van der Waals surface area contributed by atoms with Crippen molar-refractivity contribution in [3.05, 3.63) is 93.5 Å². The highest BCUT2D eigenvalue weighted by Crippen LogP contribution is 2.37. The maximum absolute atomic E-state index is 13.6. The van der Waals surface area contributed by atoms with Crippen molar-refractivity contribution in [2.45, 2.75) is 18.9 Å². The zero-order valence-corrected chi connectivity index (χ0v) is 22.5. The maximum atomic E-state index is 13.6. The van der Waals surface area contributed by atoms with Crippen LogP contribution in [0.1, 0.15) is 45.2 Å². The quantitative estimate of drug-likeness (QED) is 0.418. The number of hydrogen-bond donors (Lipinski definition) is 2. The number of fused-ring (bicyclic) bond motifs is 1. The summed E-state index contributed by atoms with van der Waals surface area (Å²) >= 11 is 12.4. The van der Waals surface area contributed by atoms with E-state index in [1.165, 1.54) is 7.05 Å². The molecule has 1 aliphatic rings. The molecule has 3 N–H and O–H groups in total. The number of ether oxygens (including phenoxy) is 1. The van der Waals surface area contributed by atoms with E-state index in [1.54, 1.807) is 71.6 Å². The number of imide groups is 1. The number of amides is 5. The van der Waals surface area contributed by atoms with Crippen LogP contribution in [0.5, 0.6) is 0 Å². The zero-order chi connectivity index (χ0) is 28.1. The molecule has 202 valence electrons. The molecule has 0 bridgehead atoms. The molecule has 0 aliphatic carbocycles. The number of nitrogens with one attached hydrogen (secondary N) is 1. The predicted octanol–water partition coefficient (Wildman–Crippen LogP) is 5.28. The van der Waals surface area contributed by atoms with E-state index in [0.29, 0.717) is 57.5 Å². The number of primary amides is 1. The summed E-state index contributed by atoms with van der Waals surface area (Å²) in [5.74, 6) is -1.18. The molecule has 0 aromatic heterocycles. The largest absolute Gasteiger partial charge is 0.364 e. The lowest BCUT2D eigenvalue weighted by Gasteiger charge is -2.25. The van der Waals surface area contributed by atoms with E-state index in [1.807, 2.05) is 0 Å². The average molecular weight is 569 g/mol. The molecule has 11 heteroatoms. The number of rotatable bonds is 6. The Morgan fingerprint density at radius 1 is 1.05 bits per heavy atom. The van der Waals surface area contributed by atoms with Gasteiger partial charge in [-0.05, 0) is 67.4 Å². The second-order valence-corrected chi connectivity index (χ2v) is 9.75. The number of nitrogens with two attached hydrogens (primary N) is 1. The molecule has 9 nitrogen and oxygen atoms in total. The average Bonchev–Trinajstić information content (AvgIpc) is 3.10. The summed E-state index contributed by atoms with van der Waals surface area (Å²) < 4.78 is 5.86. The monoisotopic (exact) mass is 568 g/mol. The van der Waals surface area contributed by atoms with Gasteiger partial charge in [0, 0.05) is 41.1 Å². The number of carbonyl (C=O) groups excluding carboxylic acids is 4. The molecule has 1 atom stereocenters. The molecule has 0 saturated heterocycles. The highest BCUT2D eigenvalue weighted by Gasteiger charge is 2.29. The van der Waals surface area contributed by atoms with E-state index < -0.39 is 18.0 Å². The third-order valence-electron chi connectivity index (χ3n) is 6.34. The second-order valence-electron chi connectivity index (χ2n) is 8.90. The standard InChI is InChI=1S/C28H26Cl2N4O5/c1-33(28(31)38)25(35)16-39-24-7-4-14-34(23-13-10-18(29)15-21(23)24)27(37)17-8-11-19(12-9-17)32-26(36)20-5-2-3-6-22(20)30/h2-3,5-6,8-13,15,24H,4,7,14,16H2,1H3,(H2,31,38)(H,32,36). The number of halogens is 2. The first kappa shape index (κ1) is 28.1. The Labute approximate surface area is 235 Å². The minimum absolute atomic E-state index is 0.243. The lowest BCUT2D eigenvalue weighted by atomic mass is 10.0. The lowest BCUT2D eigenvalue weighted by molar-refractivity contribution is -0.134. The van der Waals surface area contributed by atoms with Gasteiger partial charge in [-0.25, -0.2) is 4.79 Å². The SMILES string of the molecule is CN(C(N)=O)C(=O)COC1CCCN(C(=O)c2ccc(NC(=O)c3ccccc3Cl)cc2)c2ccc(Cl)cc21. The molecular weight excluding hydrogens is 543 g/mol. The number of nitrogens with zero attached hydrogens (tertiary/aromatic N) is 2. The van der Waals surface area contributed by atoms with Crippen LogP contribution in [-0.4, -0.2) is 48.9 Å². The van der Waals surface area contributed by atoms with Gasteiger partial charge >= 0.3 is 6.03 Å². The van der Waals surface area contributed by atoms with E-state index in [0.717, 1.165) is 4.90 Å². The van der Waals surface area contributed by atoms with Crippen LogP contribution in [0.15, 0.2) is 66.7 Å². The highest BCUT2D eigenvalue weighted by atomic mass is 35.5. The van der Waals surface area contributed by atoms with E-state index in [9.17, 15) is 19.2 Å². The highest BCUT2D eigenvalue weighted by molar-refractivity contribution is 6.34. The predicted molar refractivity (Wildman–Crippen MR) is 149 cm³/mol. The number of carbonyl (C=O) groups is 4. The summed E-state index contributed by atoms with van der Waals surface area (Å²) in [5, 5.41) is 3.58. The van der Waals surface area contributed by atoms with Gasteiger partial charge in [-0.1, -0.05) is 35.3 Å². The van der Waals surface area contributed by atoms with Gasteiger partial charge in [-0.2, -0.15) is 0 Å². The molecule has 1 heterocycles. The van der Waals surface area contributed by atoms with Gasteiger partial charge in [0.1, 0.15) is 6.61 Å². The summed E-state index contributed by atoms with van der Waals surface area (Å²) in [4.78, 5) is 52.1. The topological polar surface area (TPSA) is 122 Å². The molecule has 0 saturated carbocycles. The molecule has 0 radical (unpaired) electrons. The van der Waals surface area contributed by atoms with Crippen LogP contribution in [0.25, 0.3) is 0 Å². The van der Waals surface area contributed by atoms with Crippen molar-refractivity contribution >= 4 is 58.3 Å². The number of urea groups is 1. The van der Waals surface area contributed by atoms with Gasteiger partial charge in [0.05, 0.1) is 16.7 Å². The van der Waals surface area contributed by atoms with Crippen molar-refractivity contribution in [1.82, 2.24) is 4.90 Å². The molecule has 0 spiro atoms. The molecule has 3 aromatic carbocycles. The molecule has 39 heavy (non-hydrogen) atoms. The number of benzene rings is 3. The van der Waals surface area contributed by atoms with Crippen LogP contribution in [-0.2, 0) is 9.53 Å². The Bertz CT molecular complexity index is 1410. The number of likely N-dealkylation sites (N-methyl/N-ethyl adjacent to an activating group) is 1. The van der Waals surface area contributed by atoms with Gasteiger partial charge in [0.2, 0.25) is 0 Å². The van der Waals surface area contributed by atoms with Crippen molar-refractivity contribution in [3.63, 3.8) is 0 Å². The lowest BCUT2D eigenvalue weighted by Crippen LogP contribution is -2.39. The summed E-state index contributed by atoms with van der Waals surface area (Å²) in [6.07, 6.45) is 0.593. The second kappa shape index (κ2) is 12.3. The third kappa shape index (κ3) is 6.57. The van der Waals surface area contributed by atoms with Gasteiger partial charge in [0.15, 0.2) is 0 Å². The molecular formula is C28H26Cl2N4O5. The zero-order valence-electron chi connectivity index (χ0n) is 21.0. The van der Waals surface area contributed by atoms with Gasteiger partial charge < -0.3 is 20.7 Å². The van der Waals surface area contributed by atoms with Crippen LogP contribution in [0, 0.1) is 0 Å². The van der Waals surface area contributed by atoms with Crippen LogP contribution in [0.2, 0.25) is 10.0 Å². The Morgan fingerprint density at radius 3 is 2.46 bits per heavy atom. The van der Waals surface area contributed by atoms with Crippen molar-refractivity contribution in [1.29, 1.82) is 0 Å². The van der Waals surface area contributed by atoms with E-state index in [2.05, 4.69) is 5.32 Å². The summed E-state index contributed by atoms with van der Waals surface area (Å²) in [5.41, 5.74) is 7.71. The number of hydrogen-bond acceptors (Lipinski definition) is 5. The first-order valence-electron chi connectivity index (χ1n) is 12.1. The molecule has 1 unspecified atom stereocenters. The Morgan fingerprint density at radius 2 is 1.77 bits per heavy atom. The molecule has 4 rings (SSSR count). The van der Waals surface area contributed by atoms with Gasteiger partial charge in [-0.3, -0.25) is 19.3 Å². The summed E-state index contributed by atoms with van der Waals surface area (Å²) in [7, 11) is 1.28. The fourth-order valence-corrected chi connectivity index (χ4v) is 4.61. The van der Waals surface area contributed by atoms with Gasteiger partial charge in [0.25, 0.3) is 17.7 Å². The molecule has 3 aromatic rings. The van der Waals surface area contributed by atoms with Crippen LogP contribution >= 0.6 is 23.2 Å². The normalized spacial score (nSPS) is 14.6. The maximum Gasteiger partial charge on any atom is 0.321 e. The van der Waals surface area contributed by atoms with Crippen LogP contribution in [0.4, 0.5) is 16.2 Å².